The van der Waals surface area contributed by atoms with Gasteiger partial charge in [-0.1, -0.05) is 48.5 Å². The van der Waals surface area contributed by atoms with Gasteiger partial charge in [-0.3, -0.25) is 19.4 Å². The van der Waals surface area contributed by atoms with Gasteiger partial charge in [0, 0.05) is 30.1 Å². The van der Waals surface area contributed by atoms with E-state index in [2.05, 4.69) is 25.9 Å². The number of H-pyrrole nitrogens is 1. The summed E-state index contributed by atoms with van der Waals surface area (Å²) in [6.45, 7) is -0.664. The number of para-hydroxylation sites is 1. The lowest BCUT2D eigenvalue weighted by atomic mass is 10.0. The summed E-state index contributed by atoms with van der Waals surface area (Å²) in [5, 5.41) is 27.7. The van der Waals surface area contributed by atoms with Crippen molar-refractivity contribution in [2.75, 3.05) is 13.2 Å². The quantitative estimate of drug-likeness (QED) is 0.0551. The largest absolute Gasteiger partial charge is 0.480 e. The summed E-state index contributed by atoms with van der Waals surface area (Å²) >= 11 is 0. The number of carboxylic acid groups (broad SMARTS) is 1. The van der Waals surface area contributed by atoms with Crippen LogP contribution in [-0.4, -0.2) is 82.2 Å². The average Bonchev–Trinajstić information content (AvgIpc) is 3.39. The third kappa shape index (κ3) is 9.83. The molecule has 4 unspecified atom stereocenters. The molecule has 0 spiro atoms. The molecule has 43 heavy (non-hydrogen) atoms. The molecular weight excluding hydrogens is 556 g/mol. The number of aliphatic hydroxyl groups is 1. The Labute approximate surface area is 248 Å². The molecule has 12 N–H and O–H groups in total. The number of amides is 3. The Balaban J connectivity index is 1.73. The first-order valence-electron chi connectivity index (χ1n) is 13.7. The number of nitrogens with one attached hydrogen (secondary N) is 4. The van der Waals surface area contributed by atoms with Crippen LogP contribution in [0.4, 0.5) is 0 Å². The van der Waals surface area contributed by atoms with E-state index in [1.165, 1.54) is 0 Å². The maximum Gasteiger partial charge on any atom is 0.326 e. The van der Waals surface area contributed by atoms with Crippen LogP contribution in [0.5, 0.6) is 0 Å². The molecule has 1 aromatic heterocycles. The molecule has 230 valence electrons. The molecule has 2 aromatic carbocycles. The van der Waals surface area contributed by atoms with E-state index in [4.69, 9.17) is 17.2 Å². The zero-order valence-electron chi connectivity index (χ0n) is 23.5. The van der Waals surface area contributed by atoms with Gasteiger partial charge in [0.05, 0.1) is 12.6 Å². The third-order valence-electron chi connectivity index (χ3n) is 6.74. The normalized spacial score (nSPS) is 13.7. The highest BCUT2D eigenvalue weighted by molar-refractivity contribution is 5.95. The number of hydrogen-bond acceptors (Lipinski definition) is 7. The number of rotatable bonds is 16. The minimum Gasteiger partial charge on any atom is -0.480 e. The average molecular weight is 595 g/mol. The fourth-order valence-corrected chi connectivity index (χ4v) is 4.47. The van der Waals surface area contributed by atoms with Gasteiger partial charge in [-0.05, 0) is 36.5 Å². The zero-order valence-corrected chi connectivity index (χ0v) is 23.5. The van der Waals surface area contributed by atoms with E-state index >= 15 is 0 Å². The molecule has 0 fully saturated rings. The fourth-order valence-electron chi connectivity index (χ4n) is 4.47. The number of benzene rings is 2. The van der Waals surface area contributed by atoms with Gasteiger partial charge in [-0.25, -0.2) is 4.79 Å². The first-order chi connectivity index (χ1) is 20.6. The number of guanidine groups is 1. The molecule has 14 heteroatoms. The highest BCUT2D eigenvalue weighted by Gasteiger charge is 2.30. The van der Waals surface area contributed by atoms with Gasteiger partial charge in [-0.2, -0.15) is 0 Å². The van der Waals surface area contributed by atoms with Crippen LogP contribution in [0.3, 0.4) is 0 Å². The number of nitrogens with two attached hydrogens (primary N) is 3. The molecule has 14 nitrogen and oxygen atoms in total. The molecule has 0 radical (unpaired) electrons. The van der Waals surface area contributed by atoms with Gasteiger partial charge in [0.1, 0.15) is 18.1 Å². The summed E-state index contributed by atoms with van der Waals surface area (Å²) in [6.07, 6.45) is 2.25. The van der Waals surface area contributed by atoms with Crippen molar-refractivity contribution in [2.24, 2.45) is 22.2 Å². The van der Waals surface area contributed by atoms with Crippen LogP contribution >= 0.6 is 0 Å². The number of carboxylic acids is 1. The topological polar surface area (TPSA) is 251 Å². The van der Waals surface area contributed by atoms with Crippen LogP contribution in [0, 0.1) is 0 Å². The third-order valence-corrected chi connectivity index (χ3v) is 6.74. The van der Waals surface area contributed by atoms with Crippen LogP contribution in [-0.2, 0) is 32.0 Å². The Morgan fingerprint density at radius 3 is 2.14 bits per heavy atom. The van der Waals surface area contributed by atoms with E-state index < -0.39 is 54.5 Å². The lowest BCUT2D eigenvalue weighted by Gasteiger charge is -2.24. The summed E-state index contributed by atoms with van der Waals surface area (Å²) in [6, 6.07) is 11.6. The Morgan fingerprint density at radius 2 is 1.47 bits per heavy atom. The fraction of sp³-hybridized carbons (Fsp3) is 0.345. The summed E-state index contributed by atoms with van der Waals surface area (Å²) < 4.78 is 0. The van der Waals surface area contributed by atoms with Crippen LogP contribution in [0.1, 0.15) is 24.0 Å². The maximum atomic E-state index is 13.5. The van der Waals surface area contributed by atoms with E-state index in [0.29, 0.717) is 0 Å². The van der Waals surface area contributed by atoms with Gasteiger partial charge < -0.3 is 48.3 Å². The predicted octanol–water partition coefficient (Wildman–Crippen LogP) is -1.13. The monoisotopic (exact) mass is 594 g/mol. The van der Waals surface area contributed by atoms with E-state index in [9.17, 15) is 29.4 Å². The van der Waals surface area contributed by atoms with Crippen LogP contribution < -0.4 is 33.2 Å². The molecule has 3 aromatic rings. The lowest BCUT2D eigenvalue weighted by molar-refractivity contribution is -0.142. The molecule has 3 rings (SSSR count). The molecule has 0 aliphatic heterocycles. The Hall–Kier alpha value is -4.95. The number of carbonyl (C=O) groups excluding carboxylic acids is 3. The second-order valence-corrected chi connectivity index (χ2v) is 10.0. The van der Waals surface area contributed by atoms with Crippen LogP contribution in [0.15, 0.2) is 65.8 Å². The second kappa shape index (κ2) is 15.9. The molecule has 0 aliphatic rings. The molecular formula is C29H38N8O6. The zero-order chi connectivity index (χ0) is 31.4. The standard InChI is InChI=1S/C29H38N8O6/c30-20(13-17-7-2-1-3-8-17)25(39)36-23(14-18-15-34-21-10-5-4-9-19(18)21)26(40)37-24(16-38)27(41)35-22(28(42)43)11-6-12-33-29(31)32/h1-5,7-10,15,20,22-24,34,38H,6,11-14,16,30H2,(H,35,41)(H,36,39)(H,37,40)(H,42,43)(H4,31,32,33). The highest BCUT2D eigenvalue weighted by atomic mass is 16.4. The van der Waals surface area contributed by atoms with Crippen molar-refractivity contribution in [2.45, 2.75) is 49.9 Å². The molecule has 4 atom stereocenters. The number of nitrogens with zero attached hydrogens (tertiary/aromatic N) is 1. The molecule has 0 aliphatic carbocycles. The van der Waals surface area contributed by atoms with Crippen LogP contribution in [0.2, 0.25) is 0 Å². The summed E-state index contributed by atoms with van der Waals surface area (Å²) in [5.41, 5.74) is 19.1. The first kappa shape index (κ1) is 32.6. The van der Waals surface area contributed by atoms with E-state index in [0.717, 1.165) is 22.0 Å². The first-order valence-corrected chi connectivity index (χ1v) is 13.7. The number of carbonyl (C=O) groups is 4. The van der Waals surface area contributed by atoms with Crippen molar-refractivity contribution in [3.63, 3.8) is 0 Å². The molecule has 0 saturated heterocycles. The van der Waals surface area contributed by atoms with Crippen molar-refractivity contribution in [1.82, 2.24) is 20.9 Å². The molecule has 0 saturated carbocycles. The summed E-state index contributed by atoms with van der Waals surface area (Å²) in [7, 11) is 0. The van der Waals surface area contributed by atoms with Crippen molar-refractivity contribution in [3.05, 3.63) is 71.9 Å². The number of aliphatic imine (C=N–C) groups is 1. The molecule has 3 amide bonds. The molecule has 1 heterocycles. The van der Waals surface area contributed by atoms with Crippen molar-refractivity contribution in [3.8, 4) is 0 Å². The van der Waals surface area contributed by atoms with E-state index in [1.807, 2.05) is 54.6 Å². The van der Waals surface area contributed by atoms with Gasteiger partial charge in [0.25, 0.3) is 0 Å². The minimum absolute atomic E-state index is 0.00248. The Bertz CT molecular complexity index is 1420. The van der Waals surface area contributed by atoms with Gasteiger partial charge in [-0.15, -0.1) is 0 Å². The second-order valence-electron chi connectivity index (χ2n) is 10.0. The maximum absolute atomic E-state index is 13.5. The summed E-state index contributed by atoms with van der Waals surface area (Å²) in [4.78, 5) is 58.0. The molecule has 0 bridgehead atoms. The van der Waals surface area contributed by atoms with Crippen molar-refractivity contribution < 1.29 is 29.4 Å². The Morgan fingerprint density at radius 1 is 0.837 bits per heavy atom. The van der Waals surface area contributed by atoms with Crippen molar-refractivity contribution >= 4 is 40.6 Å². The number of hydrogen-bond donors (Lipinski definition) is 9. The Kier molecular flexibility index (Phi) is 12.0. The van der Waals surface area contributed by atoms with Gasteiger partial charge >= 0.3 is 5.97 Å². The predicted molar refractivity (Wildman–Crippen MR) is 161 cm³/mol. The minimum atomic E-state index is -1.49. The number of aliphatic carboxylic acids is 1. The van der Waals surface area contributed by atoms with Gasteiger partial charge in [0.15, 0.2) is 5.96 Å². The van der Waals surface area contributed by atoms with Crippen molar-refractivity contribution in [1.29, 1.82) is 0 Å². The number of fused-ring (bicyclic) bond motifs is 1. The smallest absolute Gasteiger partial charge is 0.326 e. The van der Waals surface area contributed by atoms with Crippen LogP contribution in [0.25, 0.3) is 10.9 Å². The number of aromatic nitrogens is 1. The lowest BCUT2D eigenvalue weighted by Crippen LogP contribution is -2.58. The summed E-state index contributed by atoms with van der Waals surface area (Å²) in [5.74, 6) is -3.71. The van der Waals surface area contributed by atoms with Gasteiger partial charge in [0.2, 0.25) is 17.7 Å². The number of aromatic amines is 1. The SMILES string of the molecule is NC(N)=NCCCC(NC(=O)C(CO)NC(=O)C(Cc1c[nH]c2ccccc12)NC(=O)C(N)Cc1ccccc1)C(=O)O. The van der Waals surface area contributed by atoms with E-state index in [1.54, 1.807) is 6.20 Å². The number of aliphatic hydroxyl groups excluding tert-OH is 1. The van der Waals surface area contributed by atoms with E-state index in [-0.39, 0.29) is 38.2 Å². The highest BCUT2D eigenvalue weighted by Crippen LogP contribution is 2.19.